The average molecular weight is 416 g/mol. The van der Waals surface area contributed by atoms with Gasteiger partial charge in [-0.15, -0.1) is 0 Å². The van der Waals surface area contributed by atoms with E-state index in [1.165, 1.54) is 13.0 Å². The summed E-state index contributed by atoms with van der Waals surface area (Å²) < 4.78 is 22.1. The van der Waals surface area contributed by atoms with Crippen LogP contribution in [0.4, 0.5) is 0 Å². The highest BCUT2D eigenvalue weighted by atomic mass is 16.6. The number of fused-ring (bicyclic) bond motifs is 3. The van der Waals surface area contributed by atoms with Crippen LogP contribution in [0.25, 0.3) is 0 Å². The lowest BCUT2D eigenvalue weighted by molar-refractivity contribution is -0.153. The quantitative estimate of drug-likeness (QED) is 0.390. The third-order valence-electron chi connectivity index (χ3n) is 5.50. The Morgan fingerprint density at radius 2 is 2.03 bits per heavy atom. The number of carbonyl (C=O) groups excluding carboxylic acids is 4. The highest BCUT2D eigenvalue weighted by molar-refractivity contribution is 6.00. The van der Waals surface area contributed by atoms with Gasteiger partial charge in [-0.05, 0) is 26.8 Å². The van der Waals surface area contributed by atoms with E-state index in [1.54, 1.807) is 32.9 Å². The molecule has 1 fully saturated rings. The fourth-order valence-electron chi connectivity index (χ4n) is 3.63. The Morgan fingerprint density at radius 3 is 2.67 bits per heavy atom. The molecule has 8 nitrogen and oxygen atoms in total. The summed E-state index contributed by atoms with van der Waals surface area (Å²) in [5.74, 6) is -2.50. The summed E-state index contributed by atoms with van der Waals surface area (Å²) in [6.07, 6.45) is 2.76. The Hall–Kier alpha value is -3.16. The van der Waals surface area contributed by atoms with Crippen molar-refractivity contribution in [2.75, 3.05) is 6.61 Å². The minimum atomic E-state index is -1.32. The number of allylic oxidation sites excluding steroid dienone is 1. The summed E-state index contributed by atoms with van der Waals surface area (Å²) in [6.45, 7) is 9.80. The average Bonchev–Trinajstić information content (AvgIpc) is 3.13. The second-order valence-corrected chi connectivity index (χ2v) is 7.72. The van der Waals surface area contributed by atoms with E-state index >= 15 is 0 Å². The van der Waals surface area contributed by atoms with Crippen molar-refractivity contribution in [3.05, 3.63) is 47.3 Å². The number of hydrogen-bond donors (Lipinski definition) is 0. The summed E-state index contributed by atoms with van der Waals surface area (Å²) >= 11 is 0. The van der Waals surface area contributed by atoms with Crippen molar-refractivity contribution in [1.29, 1.82) is 0 Å². The molecule has 4 atom stereocenters. The molecule has 3 aliphatic rings. The fraction of sp³-hybridized carbons (Fsp3) is 0.455. The zero-order valence-electron chi connectivity index (χ0n) is 17.4. The first-order valence-electron chi connectivity index (χ1n) is 9.59. The number of hydrogen-bond acceptors (Lipinski definition) is 8. The molecule has 1 saturated heterocycles. The highest BCUT2D eigenvalue weighted by Crippen LogP contribution is 2.42. The normalized spacial score (nSPS) is 30.7. The Labute approximate surface area is 174 Å². The van der Waals surface area contributed by atoms with Gasteiger partial charge in [-0.25, -0.2) is 9.59 Å². The van der Waals surface area contributed by atoms with E-state index in [0.717, 1.165) is 0 Å². The van der Waals surface area contributed by atoms with E-state index in [2.05, 4.69) is 6.58 Å². The number of ether oxygens (including phenoxy) is 4. The summed E-state index contributed by atoms with van der Waals surface area (Å²) in [4.78, 5) is 48.8. The number of esters is 3. The molecule has 3 heterocycles. The van der Waals surface area contributed by atoms with Gasteiger partial charge in [0.1, 0.15) is 24.6 Å². The van der Waals surface area contributed by atoms with Gasteiger partial charge < -0.3 is 18.9 Å². The molecule has 0 amide bonds. The SMILES string of the molecule is C=C1C(=O)OC2C=C(COC(C)=O)C3=CC(=O)C(C)(CC(OC(=O)C(C)=CC)C12)O3. The summed E-state index contributed by atoms with van der Waals surface area (Å²) in [5, 5.41) is 0. The zero-order valence-corrected chi connectivity index (χ0v) is 17.4. The topological polar surface area (TPSA) is 105 Å². The van der Waals surface area contributed by atoms with Crippen LogP contribution in [0.15, 0.2) is 47.3 Å². The van der Waals surface area contributed by atoms with Crippen LogP contribution in [-0.2, 0) is 38.1 Å². The van der Waals surface area contributed by atoms with Gasteiger partial charge in [-0.2, -0.15) is 0 Å². The van der Waals surface area contributed by atoms with Crippen molar-refractivity contribution in [3.63, 3.8) is 0 Å². The third-order valence-corrected chi connectivity index (χ3v) is 5.50. The van der Waals surface area contributed by atoms with Gasteiger partial charge in [-0.3, -0.25) is 9.59 Å². The van der Waals surface area contributed by atoms with Crippen molar-refractivity contribution in [3.8, 4) is 0 Å². The molecule has 30 heavy (non-hydrogen) atoms. The molecule has 0 aromatic rings. The Balaban J connectivity index is 2.06. The van der Waals surface area contributed by atoms with Gasteiger partial charge in [0.05, 0.1) is 5.92 Å². The molecule has 160 valence electrons. The lowest BCUT2D eigenvalue weighted by Gasteiger charge is -2.31. The van der Waals surface area contributed by atoms with E-state index in [9.17, 15) is 19.2 Å². The van der Waals surface area contributed by atoms with Gasteiger partial charge in [0, 0.05) is 36.1 Å². The van der Waals surface area contributed by atoms with Crippen molar-refractivity contribution >= 4 is 23.7 Å². The molecule has 0 saturated carbocycles. The molecular formula is C22H24O8. The van der Waals surface area contributed by atoms with E-state index in [1.807, 2.05) is 0 Å². The molecule has 4 unspecified atom stereocenters. The van der Waals surface area contributed by atoms with Crippen LogP contribution in [0.5, 0.6) is 0 Å². The maximum Gasteiger partial charge on any atom is 0.334 e. The largest absolute Gasteiger partial charge is 0.479 e. The van der Waals surface area contributed by atoms with E-state index in [0.29, 0.717) is 11.1 Å². The zero-order chi connectivity index (χ0) is 22.2. The summed E-state index contributed by atoms with van der Waals surface area (Å²) in [5.41, 5.74) is -0.408. The summed E-state index contributed by atoms with van der Waals surface area (Å²) in [6, 6.07) is 0. The molecule has 0 spiro atoms. The van der Waals surface area contributed by atoms with Gasteiger partial charge in [0.2, 0.25) is 5.78 Å². The van der Waals surface area contributed by atoms with E-state index < -0.39 is 41.6 Å². The second kappa shape index (κ2) is 7.93. The van der Waals surface area contributed by atoms with Crippen molar-refractivity contribution in [1.82, 2.24) is 0 Å². The molecule has 0 N–H and O–H groups in total. The van der Waals surface area contributed by atoms with E-state index in [-0.39, 0.29) is 30.1 Å². The predicted octanol–water partition coefficient (Wildman–Crippen LogP) is 2.10. The first-order valence-corrected chi connectivity index (χ1v) is 9.59. The Bertz CT molecular complexity index is 921. The maximum absolute atomic E-state index is 12.7. The second-order valence-electron chi connectivity index (χ2n) is 7.72. The first-order chi connectivity index (χ1) is 14.1. The molecular weight excluding hydrogens is 392 g/mol. The standard InChI is InChI=1S/C22H24O8/c1-6-11(2)20(25)29-17-9-22(5)18(24)8-15(30-22)14(10-27-13(4)23)7-16-19(17)12(3)21(26)28-16/h6-8,16-17,19H,3,9-10H2,1-2,4-5H3. The van der Waals surface area contributed by atoms with Crippen molar-refractivity contribution < 1.29 is 38.1 Å². The van der Waals surface area contributed by atoms with Crippen LogP contribution >= 0.6 is 0 Å². The molecule has 0 aliphatic carbocycles. The van der Waals surface area contributed by atoms with Gasteiger partial charge in [-0.1, -0.05) is 12.7 Å². The van der Waals surface area contributed by atoms with Gasteiger partial charge in [0.15, 0.2) is 5.60 Å². The minimum Gasteiger partial charge on any atom is -0.479 e. The fourth-order valence-corrected chi connectivity index (χ4v) is 3.63. The van der Waals surface area contributed by atoms with Gasteiger partial charge in [0.25, 0.3) is 0 Å². The van der Waals surface area contributed by atoms with Gasteiger partial charge >= 0.3 is 17.9 Å². The molecule has 3 aliphatic heterocycles. The minimum absolute atomic E-state index is 0.0000791. The Kier molecular flexibility index (Phi) is 5.70. The predicted molar refractivity (Wildman–Crippen MR) is 104 cm³/mol. The lowest BCUT2D eigenvalue weighted by Crippen LogP contribution is -2.42. The van der Waals surface area contributed by atoms with E-state index in [4.69, 9.17) is 18.9 Å². The summed E-state index contributed by atoms with van der Waals surface area (Å²) in [7, 11) is 0. The van der Waals surface area contributed by atoms with Crippen LogP contribution in [-0.4, -0.2) is 48.1 Å². The van der Waals surface area contributed by atoms with Crippen LogP contribution in [0, 0.1) is 5.92 Å². The lowest BCUT2D eigenvalue weighted by atomic mass is 9.82. The van der Waals surface area contributed by atoms with Crippen LogP contribution < -0.4 is 0 Å². The Morgan fingerprint density at radius 1 is 1.33 bits per heavy atom. The molecule has 2 bridgehead atoms. The monoisotopic (exact) mass is 416 g/mol. The van der Waals surface area contributed by atoms with Crippen LogP contribution in [0.1, 0.15) is 34.1 Å². The third kappa shape index (κ3) is 3.94. The van der Waals surface area contributed by atoms with Crippen LogP contribution in [0.2, 0.25) is 0 Å². The van der Waals surface area contributed by atoms with Crippen LogP contribution in [0.3, 0.4) is 0 Å². The highest BCUT2D eigenvalue weighted by Gasteiger charge is 2.52. The first kappa shape index (κ1) is 21.5. The molecule has 3 rings (SSSR count). The number of rotatable bonds is 4. The molecule has 0 radical (unpaired) electrons. The number of carbonyl (C=O) groups is 4. The maximum atomic E-state index is 12.7. The number of ketones is 1. The molecule has 0 aromatic heterocycles. The van der Waals surface area contributed by atoms with Crippen molar-refractivity contribution in [2.45, 2.75) is 51.9 Å². The smallest absolute Gasteiger partial charge is 0.334 e. The molecule has 8 heteroatoms. The molecule has 0 aromatic carbocycles. The van der Waals surface area contributed by atoms with Crippen molar-refractivity contribution in [2.24, 2.45) is 5.92 Å².